The molecule has 1 fully saturated rings. The summed E-state index contributed by atoms with van der Waals surface area (Å²) < 4.78 is 11.6. The quantitative estimate of drug-likeness (QED) is 0.219. The monoisotopic (exact) mass is 549 g/mol. The zero-order chi connectivity index (χ0) is 25.9. The van der Waals surface area contributed by atoms with Crippen LogP contribution in [0.5, 0.6) is 11.5 Å². The fourth-order valence-corrected chi connectivity index (χ4v) is 5.45. The van der Waals surface area contributed by atoms with E-state index in [-0.39, 0.29) is 11.8 Å². The predicted octanol–water partition coefficient (Wildman–Crippen LogP) is 7.97. The highest BCUT2D eigenvalue weighted by molar-refractivity contribution is 8.18. The van der Waals surface area contributed by atoms with Crippen LogP contribution < -0.4 is 9.47 Å². The number of imide groups is 1. The minimum absolute atomic E-state index is 0.00474. The molecule has 0 bridgehead atoms. The van der Waals surface area contributed by atoms with Crippen molar-refractivity contribution in [1.29, 1.82) is 0 Å². The molecule has 37 heavy (non-hydrogen) atoms. The molecule has 186 valence electrons. The van der Waals surface area contributed by atoms with Crippen LogP contribution in [0.4, 0.5) is 4.79 Å². The lowest BCUT2D eigenvalue weighted by Crippen LogP contribution is -2.27. The summed E-state index contributed by atoms with van der Waals surface area (Å²) in [7, 11) is 1.56. The van der Waals surface area contributed by atoms with E-state index in [2.05, 4.69) is 18.2 Å². The number of carbonyl (C=O) groups is 2. The van der Waals surface area contributed by atoms with E-state index in [1.807, 2.05) is 30.3 Å². The van der Waals surface area contributed by atoms with Crippen molar-refractivity contribution in [2.75, 3.05) is 7.11 Å². The van der Waals surface area contributed by atoms with Crippen LogP contribution in [-0.4, -0.2) is 23.2 Å². The Labute approximate surface area is 228 Å². The van der Waals surface area contributed by atoms with Gasteiger partial charge in [-0.15, -0.1) is 0 Å². The van der Waals surface area contributed by atoms with Crippen molar-refractivity contribution in [3.05, 3.63) is 111 Å². The summed E-state index contributed by atoms with van der Waals surface area (Å²) in [6.45, 7) is 0.380. The van der Waals surface area contributed by atoms with E-state index in [1.165, 1.54) is 0 Å². The number of halogens is 2. The van der Waals surface area contributed by atoms with Crippen LogP contribution in [0.15, 0.2) is 83.8 Å². The first-order chi connectivity index (χ1) is 17.9. The van der Waals surface area contributed by atoms with E-state index < -0.39 is 5.91 Å². The van der Waals surface area contributed by atoms with Crippen LogP contribution in [0, 0.1) is 0 Å². The number of methoxy groups -OCH3 is 1. The van der Waals surface area contributed by atoms with E-state index in [0.717, 1.165) is 33.0 Å². The number of fused-ring (bicyclic) bond motifs is 1. The van der Waals surface area contributed by atoms with Gasteiger partial charge in [-0.25, -0.2) is 0 Å². The maximum atomic E-state index is 13.0. The molecular weight excluding hydrogens is 529 g/mol. The van der Waals surface area contributed by atoms with Gasteiger partial charge in [-0.3, -0.25) is 14.5 Å². The smallest absolute Gasteiger partial charge is 0.293 e. The molecule has 4 aromatic rings. The van der Waals surface area contributed by atoms with E-state index in [1.54, 1.807) is 43.5 Å². The molecule has 0 aliphatic carbocycles. The largest absolute Gasteiger partial charge is 0.493 e. The van der Waals surface area contributed by atoms with Gasteiger partial charge in [0.1, 0.15) is 6.61 Å². The Kier molecular flexibility index (Phi) is 7.42. The van der Waals surface area contributed by atoms with Gasteiger partial charge in [0.05, 0.1) is 18.6 Å². The molecular formula is C29H21Cl2NO4S. The van der Waals surface area contributed by atoms with Gasteiger partial charge in [0.25, 0.3) is 11.1 Å². The first-order valence-corrected chi connectivity index (χ1v) is 13.0. The van der Waals surface area contributed by atoms with Gasteiger partial charge < -0.3 is 9.47 Å². The van der Waals surface area contributed by atoms with Crippen molar-refractivity contribution in [1.82, 2.24) is 4.90 Å². The Bertz CT molecular complexity index is 1530. The lowest BCUT2D eigenvalue weighted by molar-refractivity contribution is -0.123. The summed E-state index contributed by atoms with van der Waals surface area (Å²) in [4.78, 5) is 27.1. The van der Waals surface area contributed by atoms with E-state index in [4.69, 9.17) is 32.7 Å². The summed E-state index contributed by atoms with van der Waals surface area (Å²) >= 11 is 13.3. The zero-order valence-corrected chi connectivity index (χ0v) is 22.1. The maximum absolute atomic E-state index is 13.0. The second-order valence-electron chi connectivity index (χ2n) is 8.31. The van der Waals surface area contributed by atoms with Crippen LogP contribution in [0.1, 0.15) is 16.7 Å². The van der Waals surface area contributed by atoms with Gasteiger partial charge >= 0.3 is 0 Å². The molecule has 1 heterocycles. The maximum Gasteiger partial charge on any atom is 0.293 e. The topological polar surface area (TPSA) is 55.8 Å². The molecule has 0 atom stereocenters. The van der Waals surface area contributed by atoms with Crippen LogP contribution in [-0.2, 0) is 17.9 Å². The van der Waals surface area contributed by atoms with Crippen molar-refractivity contribution >= 4 is 63.0 Å². The Hall–Kier alpha value is -3.45. The van der Waals surface area contributed by atoms with Crippen LogP contribution in [0.25, 0.3) is 16.8 Å². The molecule has 0 spiro atoms. The third-order valence-corrected chi connectivity index (χ3v) is 7.62. The molecule has 8 heteroatoms. The molecule has 1 aliphatic rings. The predicted molar refractivity (Wildman–Crippen MR) is 149 cm³/mol. The molecule has 4 aromatic carbocycles. The van der Waals surface area contributed by atoms with Crippen LogP contribution in [0.2, 0.25) is 10.0 Å². The Balaban J connectivity index is 1.33. The normalized spacial score (nSPS) is 14.6. The lowest BCUT2D eigenvalue weighted by Gasteiger charge is -2.14. The molecule has 5 rings (SSSR count). The number of amides is 2. The molecule has 0 aromatic heterocycles. The Morgan fingerprint density at radius 1 is 0.892 bits per heavy atom. The summed E-state index contributed by atoms with van der Waals surface area (Å²) in [5.41, 5.74) is 2.30. The molecule has 0 radical (unpaired) electrons. The fraction of sp³-hybridized carbons (Fsp3) is 0.103. The van der Waals surface area contributed by atoms with Crippen molar-refractivity contribution in [3.8, 4) is 11.5 Å². The number of hydrogen-bond donors (Lipinski definition) is 0. The van der Waals surface area contributed by atoms with Crippen LogP contribution in [0.3, 0.4) is 0 Å². The van der Waals surface area contributed by atoms with Crippen molar-refractivity contribution in [2.45, 2.75) is 13.2 Å². The van der Waals surface area contributed by atoms with Crippen molar-refractivity contribution in [3.63, 3.8) is 0 Å². The number of benzene rings is 4. The number of carbonyl (C=O) groups excluding carboxylic acids is 2. The van der Waals surface area contributed by atoms with Gasteiger partial charge in [0.2, 0.25) is 0 Å². The number of nitrogens with zero attached hydrogens (tertiary/aromatic N) is 1. The summed E-state index contributed by atoms with van der Waals surface area (Å²) in [6, 6.07) is 24.7. The van der Waals surface area contributed by atoms with Crippen LogP contribution >= 0.6 is 35.0 Å². The minimum atomic E-state index is -0.402. The molecule has 0 N–H and O–H groups in total. The first-order valence-electron chi connectivity index (χ1n) is 11.4. The van der Waals surface area contributed by atoms with E-state index in [9.17, 15) is 9.59 Å². The SMILES string of the molecule is COc1cc(/C=C2\SC(=O)N(Cc3c(Cl)cccc3Cl)C2=O)ccc1OCc1cccc2ccccc12. The lowest BCUT2D eigenvalue weighted by atomic mass is 10.1. The highest BCUT2D eigenvalue weighted by Crippen LogP contribution is 2.37. The molecule has 1 saturated heterocycles. The summed E-state index contributed by atoms with van der Waals surface area (Å²) in [6.07, 6.45) is 1.66. The summed E-state index contributed by atoms with van der Waals surface area (Å²) in [5, 5.41) is 2.71. The second-order valence-corrected chi connectivity index (χ2v) is 10.1. The number of thioether (sulfide) groups is 1. The molecule has 2 amide bonds. The first kappa shape index (κ1) is 25.2. The van der Waals surface area contributed by atoms with Gasteiger partial charge in [-0.2, -0.15) is 0 Å². The average Bonchev–Trinajstić information content (AvgIpc) is 3.17. The van der Waals surface area contributed by atoms with Crippen molar-refractivity contribution < 1.29 is 19.1 Å². The number of rotatable bonds is 7. The number of hydrogen-bond acceptors (Lipinski definition) is 5. The Morgan fingerprint density at radius 3 is 2.41 bits per heavy atom. The minimum Gasteiger partial charge on any atom is -0.493 e. The number of ether oxygens (including phenoxy) is 2. The zero-order valence-electron chi connectivity index (χ0n) is 19.7. The van der Waals surface area contributed by atoms with Gasteiger partial charge in [-0.1, -0.05) is 77.8 Å². The molecule has 1 aliphatic heterocycles. The third kappa shape index (κ3) is 5.32. The average molecular weight is 550 g/mol. The van der Waals surface area contributed by atoms with Gasteiger partial charge in [-0.05, 0) is 64.0 Å². The second kappa shape index (κ2) is 10.9. The molecule has 5 nitrogen and oxygen atoms in total. The standard InChI is InChI=1S/C29H21Cl2NO4S/c1-35-26-14-18(12-13-25(26)36-17-20-8-4-7-19-6-2-3-9-21(19)20)15-27-28(33)32(29(34)37-27)16-22-23(30)10-5-11-24(22)31/h2-15H,16-17H2,1H3/b27-15-. The third-order valence-electron chi connectivity index (χ3n) is 6.00. The fourth-order valence-electron chi connectivity index (χ4n) is 4.10. The molecule has 0 saturated carbocycles. The highest BCUT2D eigenvalue weighted by atomic mass is 35.5. The van der Waals surface area contributed by atoms with Crippen molar-refractivity contribution in [2.24, 2.45) is 0 Å². The highest BCUT2D eigenvalue weighted by Gasteiger charge is 2.35. The van der Waals surface area contributed by atoms with Gasteiger partial charge in [0.15, 0.2) is 11.5 Å². The summed E-state index contributed by atoms with van der Waals surface area (Å²) in [5.74, 6) is 0.700. The van der Waals surface area contributed by atoms with Gasteiger partial charge in [0, 0.05) is 15.6 Å². The van der Waals surface area contributed by atoms with E-state index in [0.29, 0.717) is 44.2 Å². The Morgan fingerprint density at radius 2 is 1.62 bits per heavy atom. The van der Waals surface area contributed by atoms with E-state index >= 15 is 0 Å². The molecule has 0 unspecified atom stereocenters.